The fourth-order valence-electron chi connectivity index (χ4n) is 3.17. The van der Waals surface area contributed by atoms with E-state index in [1.807, 2.05) is 48.5 Å². The van der Waals surface area contributed by atoms with Crippen molar-refractivity contribution >= 4 is 34.7 Å². The van der Waals surface area contributed by atoms with Crippen molar-refractivity contribution in [1.82, 2.24) is 0 Å². The first-order valence-corrected chi connectivity index (χ1v) is 8.69. The van der Waals surface area contributed by atoms with Crippen molar-refractivity contribution in [3.05, 3.63) is 64.1 Å². The fraction of sp³-hybridized carbons (Fsp3) is 0.316. The molecule has 1 saturated carbocycles. The Balaban J connectivity index is 1.90. The van der Waals surface area contributed by atoms with Crippen molar-refractivity contribution in [3.8, 4) is 0 Å². The third kappa shape index (κ3) is 4.07. The SMILES string of the molecule is O=C1CCCC[C@@H]1[C@@H](Nc1ccc(Cl)cc1)c1ccc(Cl)cc1. The van der Waals surface area contributed by atoms with Crippen LogP contribution in [0.4, 0.5) is 5.69 Å². The van der Waals surface area contributed by atoms with E-state index in [-0.39, 0.29) is 12.0 Å². The van der Waals surface area contributed by atoms with Gasteiger partial charge in [0.05, 0.1) is 6.04 Å². The molecule has 3 rings (SSSR count). The minimum Gasteiger partial charge on any atom is -0.378 e. The minimum atomic E-state index is -0.0405. The summed E-state index contributed by atoms with van der Waals surface area (Å²) in [6, 6.07) is 15.3. The molecule has 2 aromatic carbocycles. The van der Waals surface area contributed by atoms with E-state index >= 15 is 0 Å². The first-order valence-electron chi connectivity index (χ1n) is 7.94. The summed E-state index contributed by atoms with van der Waals surface area (Å²) in [5, 5.41) is 4.92. The highest BCUT2D eigenvalue weighted by atomic mass is 35.5. The molecule has 2 aromatic rings. The molecule has 0 spiro atoms. The number of nitrogens with one attached hydrogen (secondary N) is 1. The van der Waals surface area contributed by atoms with E-state index in [0.29, 0.717) is 22.2 Å². The lowest BCUT2D eigenvalue weighted by Crippen LogP contribution is -2.30. The second-order valence-electron chi connectivity index (χ2n) is 6.00. The van der Waals surface area contributed by atoms with Gasteiger partial charge in [0.15, 0.2) is 0 Å². The number of benzene rings is 2. The minimum absolute atomic E-state index is 0.000559. The molecule has 0 aromatic heterocycles. The maximum atomic E-state index is 12.4. The van der Waals surface area contributed by atoms with Gasteiger partial charge in [-0.25, -0.2) is 0 Å². The van der Waals surface area contributed by atoms with Gasteiger partial charge in [-0.1, -0.05) is 41.8 Å². The maximum Gasteiger partial charge on any atom is 0.138 e. The standard InChI is InChI=1S/C19H19Cl2NO/c20-14-7-5-13(6-8-14)19(17-3-1-2-4-18(17)23)22-16-11-9-15(21)10-12-16/h5-12,17,19,22H,1-4H2/t17-,19-/m0/s1. The van der Waals surface area contributed by atoms with Crippen LogP contribution in [0.5, 0.6) is 0 Å². The topological polar surface area (TPSA) is 29.1 Å². The van der Waals surface area contributed by atoms with Gasteiger partial charge in [-0.05, 0) is 54.8 Å². The molecule has 1 fully saturated rings. The van der Waals surface area contributed by atoms with Gasteiger partial charge in [-0.3, -0.25) is 4.79 Å². The number of hydrogen-bond acceptors (Lipinski definition) is 2. The Hall–Kier alpha value is -1.51. The summed E-state index contributed by atoms with van der Waals surface area (Å²) in [4.78, 5) is 12.4. The van der Waals surface area contributed by atoms with Crippen LogP contribution in [-0.4, -0.2) is 5.78 Å². The Bertz CT molecular complexity index is 667. The van der Waals surface area contributed by atoms with Gasteiger partial charge in [0, 0.05) is 28.1 Å². The molecule has 120 valence electrons. The van der Waals surface area contributed by atoms with Gasteiger partial charge in [-0.15, -0.1) is 0 Å². The van der Waals surface area contributed by atoms with Crippen molar-refractivity contribution in [3.63, 3.8) is 0 Å². The predicted molar refractivity (Wildman–Crippen MR) is 96.2 cm³/mol. The molecule has 4 heteroatoms. The average molecular weight is 348 g/mol. The molecule has 23 heavy (non-hydrogen) atoms. The summed E-state index contributed by atoms with van der Waals surface area (Å²) in [7, 11) is 0. The van der Waals surface area contributed by atoms with Crippen LogP contribution < -0.4 is 5.32 Å². The van der Waals surface area contributed by atoms with Crippen molar-refractivity contribution in [2.45, 2.75) is 31.7 Å². The summed E-state index contributed by atoms with van der Waals surface area (Å²) in [5.41, 5.74) is 2.05. The van der Waals surface area contributed by atoms with Gasteiger partial charge in [-0.2, -0.15) is 0 Å². The first-order chi connectivity index (χ1) is 11.1. The van der Waals surface area contributed by atoms with Crippen LogP contribution in [0.1, 0.15) is 37.3 Å². The molecule has 0 aliphatic heterocycles. The number of hydrogen-bond donors (Lipinski definition) is 1. The number of carbonyl (C=O) groups excluding carboxylic acids is 1. The second-order valence-corrected chi connectivity index (χ2v) is 6.87. The molecule has 1 aliphatic rings. The third-order valence-corrected chi connectivity index (χ3v) is 4.90. The Kier molecular flexibility index (Phi) is 5.24. The van der Waals surface area contributed by atoms with Crippen molar-refractivity contribution < 1.29 is 4.79 Å². The van der Waals surface area contributed by atoms with Gasteiger partial charge in [0.1, 0.15) is 5.78 Å². The van der Waals surface area contributed by atoms with E-state index in [9.17, 15) is 4.79 Å². The lowest BCUT2D eigenvalue weighted by molar-refractivity contribution is -0.125. The zero-order valence-corrected chi connectivity index (χ0v) is 14.3. The number of halogens is 2. The van der Waals surface area contributed by atoms with Crippen LogP contribution in [0.25, 0.3) is 0 Å². The maximum absolute atomic E-state index is 12.4. The normalized spacial score (nSPS) is 19.4. The molecule has 0 heterocycles. The van der Waals surface area contributed by atoms with Gasteiger partial charge < -0.3 is 5.32 Å². The number of ketones is 1. The molecule has 0 radical (unpaired) electrons. The molecular formula is C19H19Cl2NO. The summed E-state index contributed by atoms with van der Waals surface area (Å²) in [5.74, 6) is 0.346. The molecule has 1 N–H and O–H groups in total. The third-order valence-electron chi connectivity index (χ3n) is 4.40. The summed E-state index contributed by atoms with van der Waals surface area (Å²) < 4.78 is 0. The number of Topliss-reactive ketones (excluding diaryl/α,β-unsaturated/α-hetero) is 1. The van der Waals surface area contributed by atoms with E-state index in [4.69, 9.17) is 23.2 Å². The van der Waals surface area contributed by atoms with Crippen molar-refractivity contribution in [1.29, 1.82) is 0 Å². The molecule has 2 nitrogen and oxygen atoms in total. The van der Waals surface area contributed by atoms with Gasteiger partial charge in [0.2, 0.25) is 0 Å². The molecular weight excluding hydrogens is 329 g/mol. The monoisotopic (exact) mass is 347 g/mol. The molecule has 0 bridgehead atoms. The lowest BCUT2D eigenvalue weighted by Gasteiger charge is -2.31. The van der Waals surface area contributed by atoms with Crippen LogP contribution in [0.3, 0.4) is 0 Å². The number of anilines is 1. The highest BCUT2D eigenvalue weighted by Crippen LogP contribution is 2.35. The molecule has 0 amide bonds. The zero-order valence-electron chi connectivity index (χ0n) is 12.8. The van der Waals surface area contributed by atoms with Crippen molar-refractivity contribution in [2.75, 3.05) is 5.32 Å². The Morgan fingerprint density at radius 1 is 0.913 bits per heavy atom. The highest BCUT2D eigenvalue weighted by Gasteiger charge is 2.31. The summed E-state index contributed by atoms with van der Waals surface area (Å²) in [6.45, 7) is 0. The van der Waals surface area contributed by atoms with Crippen LogP contribution in [-0.2, 0) is 4.79 Å². The molecule has 0 unspecified atom stereocenters. The Labute approximate surface area is 146 Å². The van der Waals surface area contributed by atoms with Crippen LogP contribution in [0.15, 0.2) is 48.5 Å². The summed E-state index contributed by atoms with van der Waals surface area (Å²) >= 11 is 12.0. The van der Waals surface area contributed by atoms with E-state index in [2.05, 4.69) is 5.32 Å². The molecule has 0 saturated heterocycles. The predicted octanol–water partition coefficient (Wildman–Crippen LogP) is 5.91. The highest BCUT2D eigenvalue weighted by molar-refractivity contribution is 6.30. The molecule has 1 aliphatic carbocycles. The van der Waals surface area contributed by atoms with Gasteiger partial charge >= 0.3 is 0 Å². The average Bonchev–Trinajstić information content (AvgIpc) is 2.56. The lowest BCUT2D eigenvalue weighted by atomic mass is 9.80. The van der Waals surface area contributed by atoms with Crippen LogP contribution in [0, 0.1) is 5.92 Å². The smallest absolute Gasteiger partial charge is 0.138 e. The van der Waals surface area contributed by atoms with E-state index in [0.717, 1.165) is 30.5 Å². The first kappa shape index (κ1) is 16.4. The fourth-order valence-corrected chi connectivity index (χ4v) is 3.43. The van der Waals surface area contributed by atoms with Gasteiger partial charge in [0.25, 0.3) is 0 Å². The molecule has 2 atom stereocenters. The van der Waals surface area contributed by atoms with Crippen LogP contribution in [0.2, 0.25) is 10.0 Å². The van der Waals surface area contributed by atoms with Crippen LogP contribution >= 0.6 is 23.2 Å². The zero-order chi connectivity index (χ0) is 16.2. The second kappa shape index (κ2) is 7.37. The van der Waals surface area contributed by atoms with E-state index < -0.39 is 0 Å². The Morgan fingerprint density at radius 3 is 2.13 bits per heavy atom. The quantitative estimate of drug-likeness (QED) is 0.745. The van der Waals surface area contributed by atoms with E-state index in [1.54, 1.807) is 0 Å². The van der Waals surface area contributed by atoms with Crippen molar-refractivity contribution in [2.24, 2.45) is 5.92 Å². The summed E-state index contributed by atoms with van der Waals surface area (Å²) in [6.07, 6.45) is 3.70. The number of carbonyl (C=O) groups is 1. The Morgan fingerprint density at radius 2 is 1.52 bits per heavy atom. The number of rotatable bonds is 4. The van der Waals surface area contributed by atoms with E-state index in [1.165, 1.54) is 0 Å². The largest absolute Gasteiger partial charge is 0.378 e.